The van der Waals surface area contributed by atoms with E-state index in [-0.39, 0.29) is 17.2 Å². The van der Waals surface area contributed by atoms with Gasteiger partial charge in [0.25, 0.3) is 11.8 Å². The number of benzene rings is 2. The molecule has 2 aromatic carbocycles. The maximum absolute atomic E-state index is 12.7. The van der Waals surface area contributed by atoms with E-state index in [9.17, 15) is 9.59 Å². The van der Waals surface area contributed by atoms with Gasteiger partial charge >= 0.3 is 0 Å². The maximum atomic E-state index is 12.7. The minimum Gasteiger partial charge on any atom is -0.283 e. The first-order valence-corrected chi connectivity index (χ1v) is 9.68. The Morgan fingerprint density at radius 2 is 1.74 bits per heavy atom. The van der Waals surface area contributed by atoms with Crippen LogP contribution in [0.1, 0.15) is 29.8 Å². The van der Waals surface area contributed by atoms with Gasteiger partial charge in [-0.2, -0.15) is 5.01 Å². The zero-order valence-electron chi connectivity index (χ0n) is 15.2. The van der Waals surface area contributed by atoms with E-state index in [2.05, 4.69) is 5.43 Å². The number of nitrogens with zero attached hydrogens (tertiary/aromatic N) is 2. The van der Waals surface area contributed by atoms with E-state index in [1.54, 1.807) is 28.9 Å². The van der Waals surface area contributed by atoms with Gasteiger partial charge in [0.2, 0.25) is 0 Å². The normalized spacial score (nSPS) is 23.6. The molecule has 6 nitrogen and oxygen atoms in total. The van der Waals surface area contributed by atoms with Crippen LogP contribution in [-0.2, 0) is 16.2 Å². The van der Waals surface area contributed by atoms with Gasteiger partial charge in [-0.15, -0.1) is 11.8 Å². The molecule has 7 heteroatoms. The molecule has 0 bridgehead atoms. The predicted molar refractivity (Wildman–Crippen MR) is 103 cm³/mol. The van der Waals surface area contributed by atoms with Gasteiger partial charge in [-0.3, -0.25) is 19.9 Å². The molecule has 140 valence electrons. The first-order chi connectivity index (χ1) is 13.0. The second-order valence-electron chi connectivity index (χ2n) is 7.00. The Bertz CT molecular complexity index is 844. The van der Waals surface area contributed by atoms with Crippen molar-refractivity contribution >= 4 is 23.6 Å². The molecule has 27 heavy (non-hydrogen) atoms. The fourth-order valence-corrected chi connectivity index (χ4v) is 4.78. The summed E-state index contributed by atoms with van der Waals surface area (Å²) in [6.45, 7) is 4.32. The third kappa shape index (κ3) is 3.34. The molecule has 0 radical (unpaired) electrons. The summed E-state index contributed by atoms with van der Waals surface area (Å²) in [7, 11) is 0. The van der Waals surface area contributed by atoms with Crippen molar-refractivity contribution in [3.63, 3.8) is 0 Å². The zero-order chi connectivity index (χ0) is 19.0. The molecule has 0 saturated carbocycles. The lowest BCUT2D eigenvalue weighted by Crippen LogP contribution is -2.69. The van der Waals surface area contributed by atoms with E-state index < -0.39 is 10.9 Å². The third-order valence-electron chi connectivity index (χ3n) is 4.71. The van der Waals surface area contributed by atoms with Gasteiger partial charge < -0.3 is 0 Å². The molecule has 2 aliphatic rings. The number of carbonyl (C=O) groups is 2. The Morgan fingerprint density at radius 1 is 1.11 bits per heavy atom. The number of thioether (sulfide) groups is 1. The Hall–Kier alpha value is -2.35. The number of β-lactam (4-membered cyclic amide) rings is 1. The Labute approximate surface area is 162 Å². The van der Waals surface area contributed by atoms with E-state index in [0.717, 1.165) is 5.56 Å². The third-order valence-corrected chi connectivity index (χ3v) is 6.17. The zero-order valence-corrected chi connectivity index (χ0v) is 16.0. The van der Waals surface area contributed by atoms with Crippen molar-refractivity contribution in [1.29, 1.82) is 0 Å². The minimum atomic E-state index is -0.430. The molecular weight excluding hydrogens is 362 g/mol. The number of nitrogens with one attached hydrogen (secondary N) is 1. The van der Waals surface area contributed by atoms with E-state index in [1.807, 2.05) is 62.4 Å². The lowest BCUT2D eigenvalue weighted by atomic mass is 10.1. The highest BCUT2D eigenvalue weighted by Crippen LogP contribution is 2.50. The lowest BCUT2D eigenvalue weighted by Gasteiger charge is -2.43. The van der Waals surface area contributed by atoms with E-state index >= 15 is 0 Å². The van der Waals surface area contributed by atoms with Gasteiger partial charge in [0.15, 0.2) is 0 Å². The van der Waals surface area contributed by atoms with Crippen LogP contribution in [0.3, 0.4) is 0 Å². The standard InChI is InChI=1S/C20H21N3O3S/c1-20(2)23(21-17(24)15-11-7-4-8-12-15)16-18(25)22(19(16)27-20)26-13-14-9-5-3-6-10-14/h3-12,16,19H,13H2,1-2H3,(H,21,24)/t16-,19-/m1/s1. The summed E-state index contributed by atoms with van der Waals surface area (Å²) in [6.07, 6.45) is 0. The van der Waals surface area contributed by atoms with Crippen LogP contribution < -0.4 is 5.43 Å². The molecule has 2 aromatic rings. The Kier molecular flexibility index (Phi) is 4.67. The second kappa shape index (κ2) is 6.99. The van der Waals surface area contributed by atoms with Crippen molar-refractivity contribution in [1.82, 2.24) is 15.5 Å². The van der Waals surface area contributed by atoms with Crippen LogP contribution in [0.4, 0.5) is 0 Å². The first-order valence-electron chi connectivity index (χ1n) is 8.80. The largest absolute Gasteiger partial charge is 0.283 e. The molecule has 4 rings (SSSR count). The van der Waals surface area contributed by atoms with Crippen LogP contribution in [0.2, 0.25) is 0 Å². The number of hydroxylamine groups is 2. The Morgan fingerprint density at radius 3 is 2.41 bits per heavy atom. The van der Waals surface area contributed by atoms with E-state index in [1.165, 1.54) is 5.06 Å². The minimum absolute atomic E-state index is 0.137. The highest BCUT2D eigenvalue weighted by Gasteiger charge is 2.63. The average Bonchev–Trinajstić information content (AvgIpc) is 2.91. The predicted octanol–water partition coefficient (Wildman–Crippen LogP) is 2.79. The van der Waals surface area contributed by atoms with Crippen LogP contribution in [-0.4, -0.2) is 38.2 Å². The molecule has 2 saturated heterocycles. The molecule has 0 unspecified atom stereocenters. The summed E-state index contributed by atoms with van der Waals surface area (Å²) in [5, 5.41) is 3.04. The molecule has 0 aromatic heterocycles. The molecule has 2 fully saturated rings. The van der Waals surface area contributed by atoms with Gasteiger partial charge in [0.05, 0.1) is 4.87 Å². The van der Waals surface area contributed by atoms with E-state index in [4.69, 9.17) is 4.84 Å². The molecule has 0 aliphatic carbocycles. The summed E-state index contributed by atoms with van der Waals surface area (Å²) in [5.41, 5.74) is 4.48. The summed E-state index contributed by atoms with van der Waals surface area (Å²) >= 11 is 1.60. The Balaban J connectivity index is 1.44. The van der Waals surface area contributed by atoms with Crippen molar-refractivity contribution in [2.45, 2.75) is 36.7 Å². The summed E-state index contributed by atoms with van der Waals surface area (Å²) in [4.78, 5) is 30.5. The van der Waals surface area contributed by atoms with Crippen LogP contribution >= 0.6 is 11.8 Å². The summed E-state index contributed by atoms with van der Waals surface area (Å²) in [5.74, 6) is -0.358. The number of hydrogen-bond donors (Lipinski definition) is 1. The fraction of sp³-hybridized carbons (Fsp3) is 0.300. The number of amides is 2. The van der Waals surface area contributed by atoms with Crippen LogP contribution in [0.5, 0.6) is 0 Å². The van der Waals surface area contributed by atoms with Crippen molar-refractivity contribution in [2.24, 2.45) is 0 Å². The van der Waals surface area contributed by atoms with Crippen LogP contribution in [0.15, 0.2) is 60.7 Å². The van der Waals surface area contributed by atoms with Crippen molar-refractivity contribution in [2.75, 3.05) is 0 Å². The smallest absolute Gasteiger partial charge is 0.269 e. The molecule has 2 aliphatic heterocycles. The quantitative estimate of drug-likeness (QED) is 0.805. The van der Waals surface area contributed by atoms with Crippen LogP contribution in [0.25, 0.3) is 0 Å². The molecule has 1 N–H and O–H groups in total. The van der Waals surface area contributed by atoms with Gasteiger partial charge in [0.1, 0.15) is 18.0 Å². The van der Waals surface area contributed by atoms with E-state index in [0.29, 0.717) is 12.2 Å². The monoisotopic (exact) mass is 383 g/mol. The average molecular weight is 383 g/mol. The summed E-state index contributed by atoms with van der Waals surface area (Å²) in [6, 6.07) is 18.3. The molecule has 2 atom stereocenters. The molecule has 0 spiro atoms. The van der Waals surface area contributed by atoms with Gasteiger partial charge in [-0.1, -0.05) is 48.5 Å². The summed E-state index contributed by atoms with van der Waals surface area (Å²) < 4.78 is 0. The van der Waals surface area contributed by atoms with Gasteiger partial charge in [-0.25, -0.2) is 5.06 Å². The fourth-order valence-electron chi connectivity index (χ4n) is 3.28. The highest BCUT2D eigenvalue weighted by atomic mass is 32.2. The second-order valence-corrected chi connectivity index (χ2v) is 8.72. The van der Waals surface area contributed by atoms with Crippen molar-refractivity contribution < 1.29 is 14.4 Å². The van der Waals surface area contributed by atoms with Crippen molar-refractivity contribution in [3.05, 3.63) is 71.8 Å². The first kappa shape index (κ1) is 18.0. The van der Waals surface area contributed by atoms with Gasteiger partial charge in [0, 0.05) is 5.56 Å². The molecule has 2 amide bonds. The van der Waals surface area contributed by atoms with Crippen molar-refractivity contribution in [3.8, 4) is 0 Å². The molecular formula is C20H21N3O3S. The number of hydrazine groups is 1. The number of hydrogen-bond acceptors (Lipinski definition) is 5. The molecule has 2 heterocycles. The van der Waals surface area contributed by atoms with Gasteiger partial charge in [-0.05, 0) is 31.5 Å². The lowest BCUT2D eigenvalue weighted by molar-refractivity contribution is -0.234. The highest BCUT2D eigenvalue weighted by molar-refractivity contribution is 8.01. The maximum Gasteiger partial charge on any atom is 0.269 e. The van der Waals surface area contributed by atoms with Crippen LogP contribution in [0, 0.1) is 0 Å². The SMILES string of the molecule is CC1(C)S[C@@H]2[C@@H](C(=O)N2OCc2ccccc2)N1NC(=O)c1ccccc1. The number of fused-ring (bicyclic) bond motifs is 1. The number of rotatable bonds is 5. The number of carbonyl (C=O) groups excluding carboxylic acids is 2. The topological polar surface area (TPSA) is 61.9 Å².